The first-order chi connectivity index (χ1) is 21.5. The number of carbonyl (C=O) groups is 2. The number of benzene rings is 4. The average Bonchev–Trinajstić information content (AvgIpc) is 3.59. The Labute approximate surface area is 257 Å². The Hall–Kier alpha value is -5.21. The van der Waals surface area contributed by atoms with Gasteiger partial charge in [0.25, 0.3) is 5.91 Å². The highest BCUT2D eigenvalue weighted by Gasteiger charge is 2.36. The number of methoxy groups -OCH3 is 1. The van der Waals surface area contributed by atoms with Crippen LogP contribution in [-0.4, -0.2) is 41.9 Å². The third-order valence-electron chi connectivity index (χ3n) is 8.25. The zero-order valence-electron chi connectivity index (χ0n) is 25.0. The minimum atomic E-state index is -0.307. The van der Waals surface area contributed by atoms with E-state index in [9.17, 15) is 9.59 Å². The summed E-state index contributed by atoms with van der Waals surface area (Å²) in [5.41, 5.74) is 8.48. The van der Waals surface area contributed by atoms with Gasteiger partial charge in [-0.1, -0.05) is 78.9 Å². The number of hydrogen-bond donors (Lipinski definition) is 3. The summed E-state index contributed by atoms with van der Waals surface area (Å²) in [6.07, 6.45) is 0.696. The molecule has 0 radical (unpaired) electrons. The first-order valence-electron chi connectivity index (χ1n) is 14.7. The van der Waals surface area contributed by atoms with Crippen LogP contribution in [0.3, 0.4) is 0 Å². The van der Waals surface area contributed by atoms with Crippen LogP contribution >= 0.6 is 0 Å². The molecule has 44 heavy (non-hydrogen) atoms. The zero-order chi connectivity index (χ0) is 30.6. The minimum absolute atomic E-state index is 0.00304. The summed E-state index contributed by atoms with van der Waals surface area (Å²) >= 11 is 0. The van der Waals surface area contributed by atoms with Crippen molar-refractivity contribution in [2.24, 2.45) is 0 Å². The van der Waals surface area contributed by atoms with Gasteiger partial charge in [-0.05, 0) is 59.9 Å². The van der Waals surface area contributed by atoms with Crippen molar-refractivity contribution >= 4 is 17.8 Å². The number of hydrogen-bond acceptors (Lipinski definition) is 4. The van der Waals surface area contributed by atoms with Crippen molar-refractivity contribution in [3.63, 3.8) is 0 Å². The number of nitrogens with zero attached hydrogens (tertiary/aromatic N) is 2. The van der Waals surface area contributed by atoms with Crippen molar-refractivity contribution in [1.29, 1.82) is 0 Å². The molecule has 1 heterocycles. The van der Waals surface area contributed by atoms with E-state index in [1.54, 1.807) is 31.0 Å². The Kier molecular flexibility index (Phi) is 8.25. The quantitative estimate of drug-likeness (QED) is 0.201. The van der Waals surface area contributed by atoms with Crippen LogP contribution in [0.1, 0.15) is 44.1 Å². The first kappa shape index (κ1) is 28.9. The molecule has 0 unspecified atom stereocenters. The average molecular weight is 586 g/mol. The van der Waals surface area contributed by atoms with Gasteiger partial charge in [0, 0.05) is 42.8 Å². The third-order valence-corrected chi connectivity index (χ3v) is 8.25. The monoisotopic (exact) mass is 585 g/mol. The maximum atomic E-state index is 13.8. The van der Waals surface area contributed by atoms with Crippen molar-refractivity contribution in [3.05, 3.63) is 137 Å². The Balaban J connectivity index is 1.32. The van der Waals surface area contributed by atoms with E-state index in [4.69, 9.17) is 9.84 Å². The second-order valence-corrected chi connectivity index (χ2v) is 10.9. The number of ether oxygens (including phenoxy) is 1. The number of rotatable bonds is 8. The summed E-state index contributed by atoms with van der Waals surface area (Å²) in [6.45, 7) is 2.46. The van der Waals surface area contributed by atoms with E-state index in [2.05, 4.69) is 46.3 Å². The third kappa shape index (κ3) is 5.59. The lowest BCUT2D eigenvalue weighted by molar-refractivity contribution is 0.0963. The molecule has 222 valence electrons. The van der Waals surface area contributed by atoms with Gasteiger partial charge in [-0.3, -0.25) is 10.1 Å². The second-order valence-electron chi connectivity index (χ2n) is 10.9. The van der Waals surface area contributed by atoms with Crippen molar-refractivity contribution in [1.82, 2.24) is 20.4 Å². The van der Waals surface area contributed by atoms with E-state index in [0.29, 0.717) is 30.1 Å². The fourth-order valence-electron chi connectivity index (χ4n) is 6.16. The smallest absolute Gasteiger partial charge is 0.320 e. The van der Waals surface area contributed by atoms with Crippen molar-refractivity contribution in [3.8, 4) is 16.9 Å². The molecular weight excluding hydrogens is 550 g/mol. The van der Waals surface area contributed by atoms with Crippen molar-refractivity contribution in [2.45, 2.75) is 31.9 Å². The first-order valence-corrected chi connectivity index (χ1v) is 14.7. The van der Waals surface area contributed by atoms with Gasteiger partial charge in [0.1, 0.15) is 5.82 Å². The predicted molar refractivity (Wildman–Crippen MR) is 172 cm³/mol. The van der Waals surface area contributed by atoms with Gasteiger partial charge >= 0.3 is 6.03 Å². The Morgan fingerprint density at radius 1 is 0.909 bits per heavy atom. The maximum Gasteiger partial charge on any atom is 0.320 e. The molecule has 0 aliphatic heterocycles. The van der Waals surface area contributed by atoms with Crippen LogP contribution in [0.4, 0.5) is 10.6 Å². The number of carbonyl (C=O) groups excluding carboxylic acids is 2. The molecule has 0 spiro atoms. The molecule has 4 aromatic carbocycles. The molecule has 0 saturated heterocycles. The van der Waals surface area contributed by atoms with Gasteiger partial charge in [-0.2, -0.15) is 5.10 Å². The highest BCUT2D eigenvalue weighted by atomic mass is 16.5. The molecule has 8 heteroatoms. The van der Waals surface area contributed by atoms with Gasteiger partial charge < -0.3 is 15.4 Å². The molecule has 0 fully saturated rings. The summed E-state index contributed by atoms with van der Waals surface area (Å²) in [5, 5.41) is 14.0. The number of anilines is 1. The summed E-state index contributed by atoms with van der Waals surface area (Å²) in [4.78, 5) is 25.9. The van der Waals surface area contributed by atoms with E-state index in [1.807, 2.05) is 67.6 Å². The maximum absolute atomic E-state index is 13.8. The zero-order valence-corrected chi connectivity index (χ0v) is 25.0. The molecule has 3 amide bonds. The Morgan fingerprint density at radius 2 is 1.61 bits per heavy atom. The van der Waals surface area contributed by atoms with E-state index >= 15 is 0 Å². The second kappa shape index (κ2) is 12.6. The summed E-state index contributed by atoms with van der Waals surface area (Å²) < 4.78 is 7.25. The summed E-state index contributed by atoms with van der Waals surface area (Å²) in [5.74, 6) is 0.425. The van der Waals surface area contributed by atoms with Gasteiger partial charge in [0.05, 0.1) is 18.0 Å². The number of urea groups is 1. The number of para-hydroxylation sites is 1. The molecule has 1 aliphatic carbocycles. The molecule has 6 rings (SSSR count). The largest absolute Gasteiger partial charge is 0.380 e. The number of nitrogens with one attached hydrogen (secondary N) is 3. The number of fused-ring (bicyclic) bond motifs is 1. The van der Waals surface area contributed by atoms with Crippen LogP contribution in [-0.2, 0) is 17.8 Å². The van der Waals surface area contributed by atoms with E-state index < -0.39 is 0 Å². The molecule has 1 aromatic heterocycles. The molecular formula is C36H35N5O3. The van der Waals surface area contributed by atoms with Gasteiger partial charge in [0.2, 0.25) is 0 Å². The SMILES string of the molecule is CNC(=O)c1ccc(-c2nn(-c3ccccc3)c(NC(=O)N[C@@H]3Cc4c(COC)cccc4[C@H]3c3ccccc3)c2C)cc1. The normalized spacial score (nSPS) is 15.4. The van der Waals surface area contributed by atoms with Gasteiger partial charge in [-0.25, -0.2) is 9.48 Å². The topological polar surface area (TPSA) is 97.3 Å². The van der Waals surface area contributed by atoms with E-state index in [1.165, 1.54) is 11.1 Å². The van der Waals surface area contributed by atoms with Crippen LogP contribution in [0.2, 0.25) is 0 Å². The molecule has 0 saturated carbocycles. The van der Waals surface area contributed by atoms with Crippen LogP contribution < -0.4 is 16.0 Å². The van der Waals surface area contributed by atoms with Crippen LogP contribution in [0.15, 0.2) is 103 Å². The summed E-state index contributed by atoms with van der Waals surface area (Å²) in [6, 6.07) is 33.2. The molecule has 5 aromatic rings. The standard InChI is InChI=1S/C36H35N5O3/c1-23-33(25-17-19-26(20-18-25)35(42)37-2)40-41(28-14-8-5-9-15-28)34(23)39-36(43)38-31-21-30-27(22-44-3)13-10-16-29(30)32(31)24-11-6-4-7-12-24/h4-20,31-32H,21-22H2,1-3H3,(H,37,42)(H2,38,39,43)/t31-,32-/m1/s1. The number of amides is 3. The molecule has 3 N–H and O–H groups in total. The lowest BCUT2D eigenvalue weighted by atomic mass is 9.90. The van der Waals surface area contributed by atoms with Gasteiger partial charge in [-0.15, -0.1) is 0 Å². The van der Waals surface area contributed by atoms with Crippen molar-refractivity contribution < 1.29 is 14.3 Å². The van der Waals surface area contributed by atoms with Gasteiger partial charge in [0.15, 0.2) is 0 Å². The highest BCUT2D eigenvalue weighted by molar-refractivity contribution is 5.95. The minimum Gasteiger partial charge on any atom is -0.380 e. The van der Waals surface area contributed by atoms with Crippen LogP contribution in [0.5, 0.6) is 0 Å². The molecule has 1 aliphatic rings. The van der Waals surface area contributed by atoms with Crippen LogP contribution in [0.25, 0.3) is 16.9 Å². The highest BCUT2D eigenvalue weighted by Crippen LogP contribution is 2.40. The molecule has 0 bridgehead atoms. The fourth-order valence-corrected chi connectivity index (χ4v) is 6.16. The lowest BCUT2D eigenvalue weighted by Gasteiger charge is -2.23. The molecule has 2 atom stereocenters. The molecule has 8 nitrogen and oxygen atoms in total. The fraction of sp³-hybridized carbons (Fsp3) is 0.194. The number of aromatic nitrogens is 2. The Bertz CT molecular complexity index is 1780. The van der Waals surface area contributed by atoms with Crippen molar-refractivity contribution in [2.75, 3.05) is 19.5 Å². The Morgan fingerprint density at radius 3 is 2.30 bits per heavy atom. The van der Waals surface area contributed by atoms with E-state index in [0.717, 1.165) is 27.9 Å². The summed E-state index contributed by atoms with van der Waals surface area (Å²) in [7, 11) is 3.31. The predicted octanol–water partition coefficient (Wildman–Crippen LogP) is 6.23. The van der Waals surface area contributed by atoms with Crippen LogP contribution in [0, 0.1) is 6.92 Å². The lowest BCUT2D eigenvalue weighted by Crippen LogP contribution is -2.41. The van der Waals surface area contributed by atoms with E-state index in [-0.39, 0.29) is 23.9 Å².